The van der Waals surface area contributed by atoms with Crippen molar-refractivity contribution in [3.8, 4) is 0 Å². The molecule has 0 radical (unpaired) electrons. The van der Waals surface area contributed by atoms with Gasteiger partial charge in [0.2, 0.25) is 0 Å². The summed E-state index contributed by atoms with van der Waals surface area (Å²) in [6.07, 6.45) is -5.18. The van der Waals surface area contributed by atoms with Crippen LogP contribution in [0.25, 0.3) is 0 Å². The first kappa shape index (κ1) is 12.9. The third-order valence-corrected chi connectivity index (χ3v) is 2.02. The van der Waals surface area contributed by atoms with E-state index in [1.54, 1.807) is 0 Å². The lowest BCUT2D eigenvalue weighted by molar-refractivity contribution is -0.136. The standard InChI is InChI=1S/C9H11ClF3N3/c1-5(4-9(11,12)13)15-8-6(14)2-3-7(10)16-8/h2-3,5H,4,14H2,1H3,(H,15,16). The fraction of sp³-hybridized carbons (Fsp3) is 0.444. The minimum Gasteiger partial charge on any atom is -0.396 e. The van der Waals surface area contributed by atoms with Crippen LogP contribution in [0.5, 0.6) is 0 Å². The van der Waals surface area contributed by atoms with Crippen LogP contribution >= 0.6 is 11.6 Å². The van der Waals surface area contributed by atoms with E-state index in [9.17, 15) is 13.2 Å². The van der Waals surface area contributed by atoms with Crippen molar-refractivity contribution < 1.29 is 13.2 Å². The molecule has 0 amide bonds. The predicted octanol–water partition coefficient (Wildman–Crippen LogP) is 3.07. The average Bonchev–Trinajstić information content (AvgIpc) is 2.08. The van der Waals surface area contributed by atoms with Crippen LogP contribution in [0.4, 0.5) is 24.7 Å². The predicted molar refractivity (Wildman–Crippen MR) is 57.4 cm³/mol. The van der Waals surface area contributed by atoms with Gasteiger partial charge in [-0.05, 0) is 19.1 Å². The number of nitrogens with one attached hydrogen (secondary N) is 1. The van der Waals surface area contributed by atoms with Crippen LogP contribution in [0.2, 0.25) is 5.15 Å². The lowest BCUT2D eigenvalue weighted by atomic mass is 10.2. The quantitative estimate of drug-likeness (QED) is 0.814. The van der Waals surface area contributed by atoms with Gasteiger partial charge in [-0.3, -0.25) is 0 Å². The molecule has 90 valence electrons. The largest absolute Gasteiger partial charge is 0.396 e. The number of rotatable bonds is 3. The second kappa shape index (κ2) is 4.78. The normalized spacial score (nSPS) is 13.6. The van der Waals surface area contributed by atoms with Gasteiger partial charge in [-0.25, -0.2) is 4.98 Å². The maximum atomic E-state index is 12.1. The van der Waals surface area contributed by atoms with Gasteiger partial charge in [-0.2, -0.15) is 13.2 Å². The zero-order valence-corrected chi connectivity index (χ0v) is 9.23. The Morgan fingerprint density at radius 2 is 2.12 bits per heavy atom. The molecule has 1 rings (SSSR count). The number of anilines is 2. The summed E-state index contributed by atoms with van der Waals surface area (Å²) in [6, 6.07) is 2.14. The van der Waals surface area contributed by atoms with E-state index in [0.29, 0.717) is 0 Å². The first-order valence-corrected chi connectivity index (χ1v) is 4.91. The van der Waals surface area contributed by atoms with Gasteiger partial charge in [-0.1, -0.05) is 11.6 Å². The van der Waals surface area contributed by atoms with Gasteiger partial charge >= 0.3 is 6.18 Å². The minimum atomic E-state index is -4.22. The molecule has 0 aliphatic heterocycles. The SMILES string of the molecule is CC(CC(F)(F)F)Nc1nc(Cl)ccc1N. The molecule has 0 saturated heterocycles. The van der Waals surface area contributed by atoms with Gasteiger partial charge in [0.05, 0.1) is 12.1 Å². The maximum absolute atomic E-state index is 12.1. The van der Waals surface area contributed by atoms with Crippen molar-refractivity contribution in [2.24, 2.45) is 0 Å². The van der Waals surface area contributed by atoms with Crippen molar-refractivity contribution in [2.75, 3.05) is 11.1 Å². The highest BCUT2D eigenvalue weighted by atomic mass is 35.5. The summed E-state index contributed by atoms with van der Waals surface area (Å²) in [5.74, 6) is 0.171. The van der Waals surface area contributed by atoms with Gasteiger partial charge in [0.15, 0.2) is 5.82 Å². The number of halogens is 4. The monoisotopic (exact) mass is 253 g/mol. The average molecular weight is 254 g/mol. The van der Waals surface area contributed by atoms with Crippen LogP contribution < -0.4 is 11.1 Å². The second-order valence-electron chi connectivity index (χ2n) is 3.44. The van der Waals surface area contributed by atoms with E-state index in [1.807, 2.05) is 0 Å². The zero-order valence-electron chi connectivity index (χ0n) is 8.48. The van der Waals surface area contributed by atoms with Gasteiger partial charge in [0, 0.05) is 6.04 Å². The van der Waals surface area contributed by atoms with E-state index in [0.717, 1.165) is 0 Å². The molecule has 3 nitrogen and oxygen atoms in total. The molecule has 0 bridgehead atoms. The Balaban J connectivity index is 2.69. The third-order valence-electron chi connectivity index (χ3n) is 1.81. The zero-order chi connectivity index (χ0) is 12.3. The van der Waals surface area contributed by atoms with Crippen molar-refractivity contribution in [2.45, 2.75) is 25.6 Å². The molecular formula is C9H11ClF3N3. The van der Waals surface area contributed by atoms with Gasteiger partial charge in [0.25, 0.3) is 0 Å². The summed E-state index contributed by atoms with van der Waals surface area (Å²) in [4.78, 5) is 3.80. The number of nitrogens with two attached hydrogens (primary N) is 1. The Kier molecular flexibility index (Phi) is 3.85. The van der Waals surface area contributed by atoms with Gasteiger partial charge in [-0.15, -0.1) is 0 Å². The van der Waals surface area contributed by atoms with Gasteiger partial charge in [0.1, 0.15) is 5.15 Å². The molecule has 0 aliphatic rings. The van der Waals surface area contributed by atoms with Crippen molar-refractivity contribution in [3.63, 3.8) is 0 Å². The Hall–Kier alpha value is -1.17. The molecule has 0 spiro atoms. The molecule has 1 heterocycles. The van der Waals surface area contributed by atoms with Crippen LogP contribution in [0, 0.1) is 0 Å². The summed E-state index contributed by atoms with van der Waals surface area (Å²) in [5.41, 5.74) is 5.80. The van der Waals surface area contributed by atoms with E-state index in [-0.39, 0.29) is 16.7 Å². The van der Waals surface area contributed by atoms with E-state index in [4.69, 9.17) is 17.3 Å². The number of nitrogens with zero attached hydrogens (tertiary/aromatic N) is 1. The first-order valence-electron chi connectivity index (χ1n) is 4.53. The summed E-state index contributed by atoms with van der Waals surface area (Å²) in [7, 11) is 0. The maximum Gasteiger partial charge on any atom is 0.391 e. The molecule has 0 saturated carbocycles. The summed E-state index contributed by atoms with van der Waals surface area (Å²) >= 11 is 5.60. The second-order valence-corrected chi connectivity index (χ2v) is 3.82. The van der Waals surface area contributed by atoms with E-state index in [2.05, 4.69) is 10.3 Å². The Labute approximate surface area is 95.8 Å². The van der Waals surface area contributed by atoms with E-state index < -0.39 is 18.6 Å². The number of hydrogen-bond acceptors (Lipinski definition) is 3. The molecule has 16 heavy (non-hydrogen) atoms. The lowest BCUT2D eigenvalue weighted by Crippen LogP contribution is -2.24. The number of alkyl halides is 3. The van der Waals surface area contributed by atoms with Crippen LogP contribution in [0.3, 0.4) is 0 Å². The smallest absolute Gasteiger partial charge is 0.391 e. The van der Waals surface area contributed by atoms with Crippen molar-refractivity contribution in [3.05, 3.63) is 17.3 Å². The van der Waals surface area contributed by atoms with E-state index >= 15 is 0 Å². The van der Waals surface area contributed by atoms with Crippen molar-refractivity contribution in [1.29, 1.82) is 0 Å². The molecule has 1 aromatic rings. The minimum absolute atomic E-state index is 0.171. The van der Waals surface area contributed by atoms with Crippen LogP contribution in [-0.4, -0.2) is 17.2 Å². The van der Waals surface area contributed by atoms with Crippen LogP contribution in [-0.2, 0) is 0 Å². The first-order chi connectivity index (χ1) is 7.28. The van der Waals surface area contributed by atoms with E-state index in [1.165, 1.54) is 19.1 Å². The molecule has 1 unspecified atom stereocenters. The van der Waals surface area contributed by atoms with Crippen LogP contribution in [0.1, 0.15) is 13.3 Å². The molecule has 7 heteroatoms. The fourth-order valence-corrected chi connectivity index (χ4v) is 1.34. The molecule has 3 N–H and O–H groups in total. The van der Waals surface area contributed by atoms with Crippen molar-refractivity contribution >= 4 is 23.1 Å². The highest BCUT2D eigenvalue weighted by Crippen LogP contribution is 2.25. The Morgan fingerprint density at radius 1 is 1.50 bits per heavy atom. The molecule has 0 aliphatic carbocycles. The Morgan fingerprint density at radius 3 is 2.69 bits per heavy atom. The molecule has 0 aromatic carbocycles. The molecule has 1 atom stereocenters. The lowest BCUT2D eigenvalue weighted by Gasteiger charge is -2.17. The topological polar surface area (TPSA) is 50.9 Å². The van der Waals surface area contributed by atoms with Crippen LogP contribution in [0.15, 0.2) is 12.1 Å². The van der Waals surface area contributed by atoms with Gasteiger partial charge < -0.3 is 11.1 Å². The fourth-order valence-electron chi connectivity index (χ4n) is 1.19. The third kappa shape index (κ3) is 4.14. The Bertz CT molecular complexity index is 368. The highest BCUT2D eigenvalue weighted by molar-refractivity contribution is 6.29. The number of hydrogen-bond donors (Lipinski definition) is 2. The summed E-state index contributed by atoms with van der Waals surface area (Å²) in [5, 5.41) is 2.74. The summed E-state index contributed by atoms with van der Waals surface area (Å²) in [6.45, 7) is 1.40. The highest BCUT2D eigenvalue weighted by Gasteiger charge is 2.30. The molecule has 0 fully saturated rings. The summed E-state index contributed by atoms with van der Waals surface area (Å²) < 4.78 is 36.2. The van der Waals surface area contributed by atoms with Crippen molar-refractivity contribution in [1.82, 2.24) is 4.98 Å². The molecule has 1 aromatic heterocycles. The number of nitrogen functional groups attached to an aromatic ring is 1. The number of pyridine rings is 1. The molecular weight excluding hydrogens is 243 g/mol. The number of aromatic nitrogens is 1.